The third-order valence-corrected chi connectivity index (χ3v) is 4.22. The SMILES string of the molecule is COc1cc(C(=O)N[C@@H](CC(=O)O)c2ccc(Cl)cc2)cc(OC)c1C. The van der Waals surface area contributed by atoms with Gasteiger partial charge < -0.3 is 19.9 Å². The van der Waals surface area contributed by atoms with Gasteiger partial charge in [0.05, 0.1) is 26.7 Å². The highest BCUT2D eigenvalue weighted by molar-refractivity contribution is 6.30. The van der Waals surface area contributed by atoms with Gasteiger partial charge in [-0.25, -0.2) is 0 Å². The van der Waals surface area contributed by atoms with Crippen molar-refractivity contribution >= 4 is 23.5 Å². The van der Waals surface area contributed by atoms with Gasteiger partial charge in [-0.2, -0.15) is 0 Å². The van der Waals surface area contributed by atoms with Crippen molar-refractivity contribution in [1.82, 2.24) is 5.32 Å². The van der Waals surface area contributed by atoms with Crippen molar-refractivity contribution in [1.29, 1.82) is 0 Å². The summed E-state index contributed by atoms with van der Waals surface area (Å²) < 4.78 is 10.6. The second kappa shape index (κ2) is 8.58. The summed E-state index contributed by atoms with van der Waals surface area (Å²) in [6, 6.07) is 9.15. The van der Waals surface area contributed by atoms with Crippen LogP contribution < -0.4 is 14.8 Å². The van der Waals surface area contributed by atoms with E-state index >= 15 is 0 Å². The maximum atomic E-state index is 12.7. The van der Waals surface area contributed by atoms with Gasteiger partial charge in [-0.1, -0.05) is 23.7 Å². The Hall–Kier alpha value is -2.73. The summed E-state index contributed by atoms with van der Waals surface area (Å²) in [5.74, 6) is -0.432. The number of benzene rings is 2. The summed E-state index contributed by atoms with van der Waals surface area (Å²) in [7, 11) is 3.01. The van der Waals surface area contributed by atoms with Crippen molar-refractivity contribution in [2.45, 2.75) is 19.4 Å². The van der Waals surface area contributed by atoms with Crippen LogP contribution in [0.4, 0.5) is 0 Å². The van der Waals surface area contributed by atoms with Crippen molar-refractivity contribution in [2.75, 3.05) is 14.2 Å². The number of ether oxygens (including phenoxy) is 2. The molecule has 2 aromatic carbocycles. The number of halogens is 1. The molecular formula is C19H20ClNO5. The second-order valence-corrected chi connectivity index (χ2v) is 6.12. The first-order valence-electron chi connectivity index (χ1n) is 7.86. The number of hydrogen-bond donors (Lipinski definition) is 2. The molecule has 6 nitrogen and oxygen atoms in total. The van der Waals surface area contributed by atoms with Gasteiger partial charge in [-0.15, -0.1) is 0 Å². The van der Waals surface area contributed by atoms with E-state index in [1.807, 2.05) is 6.92 Å². The van der Waals surface area contributed by atoms with E-state index < -0.39 is 17.9 Å². The second-order valence-electron chi connectivity index (χ2n) is 5.68. The Labute approximate surface area is 156 Å². The number of carboxylic acid groups (broad SMARTS) is 1. The van der Waals surface area contributed by atoms with Crippen LogP contribution in [-0.4, -0.2) is 31.2 Å². The Kier molecular flexibility index (Phi) is 6.46. The van der Waals surface area contributed by atoms with E-state index in [2.05, 4.69) is 5.32 Å². The molecule has 2 rings (SSSR count). The molecule has 0 spiro atoms. The Morgan fingerprint density at radius 2 is 1.65 bits per heavy atom. The zero-order valence-corrected chi connectivity index (χ0v) is 15.5. The molecule has 0 heterocycles. The fraction of sp³-hybridized carbons (Fsp3) is 0.263. The highest BCUT2D eigenvalue weighted by Gasteiger charge is 2.20. The molecule has 138 valence electrons. The van der Waals surface area contributed by atoms with Gasteiger partial charge in [0.1, 0.15) is 11.5 Å². The van der Waals surface area contributed by atoms with E-state index in [1.165, 1.54) is 14.2 Å². The van der Waals surface area contributed by atoms with Crippen molar-refractivity contribution < 1.29 is 24.2 Å². The molecule has 0 saturated heterocycles. The first-order valence-corrected chi connectivity index (χ1v) is 8.24. The fourth-order valence-electron chi connectivity index (χ4n) is 2.58. The Bertz CT molecular complexity index is 779. The molecule has 7 heteroatoms. The average molecular weight is 378 g/mol. The molecule has 0 aliphatic rings. The van der Waals surface area contributed by atoms with Gasteiger partial charge in [-0.05, 0) is 36.8 Å². The molecule has 0 aliphatic heterocycles. The summed E-state index contributed by atoms with van der Waals surface area (Å²) in [6.45, 7) is 1.82. The van der Waals surface area contributed by atoms with Gasteiger partial charge in [0.15, 0.2) is 0 Å². The van der Waals surface area contributed by atoms with E-state index in [-0.39, 0.29) is 6.42 Å². The lowest BCUT2D eigenvalue weighted by Crippen LogP contribution is -2.30. The topological polar surface area (TPSA) is 84.9 Å². The molecule has 2 aromatic rings. The minimum atomic E-state index is -1.02. The Morgan fingerprint density at radius 3 is 2.12 bits per heavy atom. The van der Waals surface area contributed by atoms with Crippen LogP contribution in [0.1, 0.15) is 33.9 Å². The van der Waals surface area contributed by atoms with Gasteiger partial charge in [-0.3, -0.25) is 9.59 Å². The lowest BCUT2D eigenvalue weighted by molar-refractivity contribution is -0.137. The van der Waals surface area contributed by atoms with Crippen LogP contribution in [0.5, 0.6) is 11.5 Å². The predicted molar refractivity (Wildman–Crippen MR) is 98.2 cm³/mol. The summed E-state index contributed by atoms with van der Waals surface area (Å²) >= 11 is 5.87. The van der Waals surface area contributed by atoms with E-state index in [1.54, 1.807) is 36.4 Å². The van der Waals surface area contributed by atoms with Crippen LogP contribution in [0, 0.1) is 6.92 Å². The first-order chi connectivity index (χ1) is 12.3. The molecule has 1 amide bonds. The maximum Gasteiger partial charge on any atom is 0.305 e. The molecule has 0 aliphatic carbocycles. The smallest absolute Gasteiger partial charge is 0.305 e. The fourth-order valence-corrected chi connectivity index (χ4v) is 2.71. The molecule has 0 bridgehead atoms. The predicted octanol–water partition coefficient (Wildman–Crippen LogP) is 3.61. The van der Waals surface area contributed by atoms with E-state index in [0.29, 0.717) is 27.6 Å². The van der Waals surface area contributed by atoms with E-state index in [0.717, 1.165) is 5.56 Å². The number of hydrogen-bond acceptors (Lipinski definition) is 4. The lowest BCUT2D eigenvalue weighted by atomic mass is 10.0. The van der Waals surface area contributed by atoms with Gasteiger partial charge in [0, 0.05) is 16.1 Å². The summed E-state index contributed by atoms with van der Waals surface area (Å²) in [5, 5.41) is 12.4. The van der Waals surface area contributed by atoms with Crippen LogP contribution in [0.25, 0.3) is 0 Å². The highest BCUT2D eigenvalue weighted by Crippen LogP contribution is 2.30. The molecule has 1 atom stereocenters. The van der Waals surface area contributed by atoms with Crippen molar-refractivity contribution in [3.05, 3.63) is 58.1 Å². The number of rotatable bonds is 7. The summed E-state index contributed by atoms with van der Waals surface area (Å²) in [5.41, 5.74) is 1.73. The number of methoxy groups -OCH3 is 2. The van der Waals surface area contributed by atoms with Gasteiger partial charge in [0.2, 0.25) is 0 Å². The number of carbonyl (C=O) groups excluding carboxylic acids is 1. The van der Waals surface area contributed by atoms with Crippen LogP contribution in [0.3, 0.4) is 0 Å². The minimum absolute atomic E-state index is 0.256. The summed E-state index contributed by atoms with van der Waals surface area (Å²) in [6.07, 6.45) is -0.256. The highest BCUT2D eigenvalue weighted by atomic mass is 35.5. The standard InChI is InChI=1S/C19H20ClNO5/c1-11-16(25-2)8-13(9-17(11)26-3)19(24)21-15(10-18(22)23)12-4-6-14(20)7-5-12/h4-9,15H,10H2,1-3H3,(H,21,24)(H,22,23)/t15-/m0/s1. The number of carboxylic acids is 1. The van der Waals surface area contributed by atoms with Gasteiger partial charge >= 0.3 is 5.97 Å². The van der Waals surface area contributed by atoms with Crippen LogP contribution in [-0.2, 0) is 4.79 Å². The zero-order chi connectivity index (χ0) is 19.3. The average Bonchev–Trinajstić information content (AvgIpc) is 2.61. The monoisotopic (exact) mass is 377 g/mol. The number of amides is 1. The Balaban J connectivity index is 2.32. The number of nitrogens with one attached hydrogen (secondary N) is 1. The maximum absolute atomic E-state index is 12.7. The third kappa shape index (κ3) is 4.67. The third-order valence-electron chi connectivity index (χ3n) is 3.97. The van der Waals surface area contributed by atoms with Crippen molar-refractivity contribution in [2.24, 2.45) is 0 Å². The first kappa shape index (κ1) is 19.6. The largest absolute Gasteiger partial charge is 0.496 e. The normalized spacial score (nSPS) is 11.5. The summed E-state index contributed by atoms with van der Waals surface area (Å²) in [4.78, 5) is 23.9. The molecule has 0 aromatic heterocycles. The van der Waals surface area contributed by atoms with Crippen LogP contribution >= 0.6 is 11.6 Å². The van der Waals surface area contributed by atoms with Crippen LogP contribution in [0.15, 0.2) is 36.4 Å². The molecule has 0 unspecified atom stereocenters. The molecule has 0 radical (unpaired) electrons. The molecule has 2 N–H and O–H groups in total. The lowest BCUT2D eigenvalue weighted by Gasteiger charge is -2.19. The minimum Gasteiger partial charge on any atom is -0.496 e. The molecule has 0 fully saturated rings. The molecular weight excluding hydrogens is 358 g/mol. The van der Waals surface area contributed by atoms with Crippen LogP contribution in [0.2, 0.25) is 5.02 Å². The van der Waals surface area contributed by atoms with Gasteiger partial charge in [0.25, 0.3) is 5.91 Å². The molecule has 0 saturated carbocycles. The number of aliphatic carboxylic acids is 1. The number of carbonyl (C=O) groups is 2. The molecule has 26 heavy (non-hydrogen) atoms. The quantitative estimate of drug-likeness (QED) is 0.769. The zero-order valence-electron chi connectivity index (χ0n) is 14.7. The van der Waals surface area contributed by atoms with E-state index in [4.69, 9.17) is 26.2 Å². The Morgan fingerprint density at radius 1 is 1.12 bits per heavy atom. The van der Waals surface area contributed by atoms with E-state index in [9.17, 15) is 9.59 Å². The van der Waals surface area contributed by atoms with Crippen molar-refractivity contribution in [3.63, 3.8) is 0 Å². The van der Waals surface area contributed by atoms with Crippen molar-refractivity contribution in [3.8, 4) is 11.5 Å².